The van der Waals surface area contributed by atoms with Gasteiger partial charge >= 0.3 is 0 Å². The maximum atomic E-state index is 12.2. The Morgan fingerprint density at radius 2 is 1.67 bits per heavy atom. The molecule has 0 radical (unpaired) electrons. The highest BCUT2D eigenvalue weighted by Crippen LogP contribution is 2.28. The van der Waals surface area contributed by atoms with Crippen LogP contribution < -0.4 is 11.1 Å². The van der Waals surface area contributed by atoms with Crippen LogP contribution in [0.3, 0.4) is 0 Å². The topological polar surface area (TPSA) is 82.8 Å². The van der Waals surface area contributed by atoms with Crippen molar-refractivity contribution in [2.24, 2.45) is 5.73 Å². The summed E-state index contributed by atoms with van der Waals surface area (Å²) in [6.45, 7) is 2.83. The fourth-order valence-electron chi connectivity index (χ4n) is 3.20. The molecule has 0 aromatic heterocycles. The van der Waals surface area contributed by atoms with E-state index in [1.807, 2.05) is 42.5 Å². The molecule has 3 N–H and O–H groups in total. The minimum absolute atomic E-state index is 0.0196. The summed E-state index contributed by atoms with van der Waals surface area (Å²) in [6, 6.07) is 16.0. The highest BCUT2D eigenvalue weighted by atomic mass is 16.5. The third-order valence-corrected chi connectivity index (χ3v) is 4.68. The van der Waals surface area contributed by atoms with Crippen molar-refractivity contribution >= 4 is 5.91 Å². The Kier molecular flexibility index (Phi) is 8.88. The van der Waals surface area contributed by atoms with Gasteiger partial charge in [-0.3, -0.25) is 4.79 Å². The van der Waals surface area contributed by atoms with Crippen molar-refractivity contribution in [1.82, 2.24) is 5.32 Å². The molecular formula is C24H28N2O4. The molecule has 0 spiro atoms. The van der Waals surface area contributed by atoms with E-state index in [0.717, 1.165) is 22.3 Å². The Bertz CT molecular complexity index is 888. The van der Waals surface area contributed by atoms with Gasteiger partial charge in [-0.25, -0.2) is 0 Å². The lowest BCUT2D eigenvalue weighted by Crippen LogP contribution is -2.31. The van der Waals surface area contributed by atoms with Crippen LogP contribution in [0.5, 0.6) is 0 Å². The maximum Gasteiger partial charge on any atom is 0.246 e. The molecule has 0 heterocycles. The Morgan fingerprint density at radius 1 is 0.967 bits per heavy atom. The van der Waals surface area contributed by atoms with Gasteiger partial charge in [0.15, 0.2) is 0 Å². The molecule has 0 fully saturated rings. The first-order valence-electron chi connectivity index (χ1n) is 10.2. The van der Waals surface area contributed by atoms with E-state index in [-0.39, 0.29) is 18.6 Å². The second kappa shape index (κ2) is 12.1. The molecule has 158 valence electrons. The molecule has 0 saturated carbocycles. The standard InChI is InChI=1S/C24H28N2O4/c25-11-13-28-15-16-29-14-12-26-24(27)18-30-23-17-21-7-2-1-5-19(21)9-10-20-6-3-4-8-22(20)23/h1-8,23H,11-18,25H2,(H,26,27). The first kappa shape index (κ1) is 22.0. The number of nitrogens with one attached hydrogen (secondary N) is 1. The molecule has 0 aliphatic heterocycles. The maximum absolute atomic E-state index is 12.2. The third-order valence-electron chi connectivity index (χ3n) is 4.68. The molecule has 1 aliphatic carbocycles. The number of nitrogens with two attached hydrogens (primary N) is 1. The highest BCUT2D eigenvalue weighted by molar-refractivity contribution is 5.77. The van der Waals surface area contributed by atoms with Crippen molar-refractivity contribution in [3.8, 4) is 11.8 Å². The second-order valence-corrected chi connectivity index (χ2v) is 6.86. The molecule has 3 rings (SSSR count). The van der Waals surface area contributed by atoms with Crippen molar-refractivity contribution in [2.75, 3.05) is 46.1 Å². The van der Waals surface area contributed by atoms with Crippen molar-refractivity contribution in [3.63, 3.8) is 0 Å². The number of hydrogen-bond donors (Lipinski definition) is 2. The quantitative estimate of drug-likeness (QED) is 0.438. The van der Waals surface area contributed by atoms with Gasteiger partial charge in [-0.05, 0) is 23.3 Å². The Balaban J connectivity index is 1.50. The summed E-state index contributed by atoms with van der Waals surface area (Å²) in [7, 11) is 0. The molecule has 1 aliphatic rings. The normalized spacial score (nSPS) is 14.5. The number of hydrogen-bond acceptors (Lipinski definition) is 5. The number of rotatable bonds is 11. The molecule has 1 amide bonds. The van der Waals surface area contributed by atoms with Gasteiger partial charge < -0.3 is 25.3 Å². The summed E-state index contributed by atoms with van der Waals surface area (Å²) in [5.41, 5.74) is 9.40. The van der Waals surface area contributed by atoms with Crippen LogP contribution in [0.2, 0.25) is 0 Å². The van der Waals surface area contributed by atoms with E-state index < -0.39 is 0 Å². The fourth-order valence-corrected chi connectivity index (χ4v) is 3.20. The van der Waals surface area contributed by atoms with Crippen LogP contribution in [0.25, 0.3) is 0 Å². The van der Waals surface area contributed by atoms with Gasteiger partial charge in [0.05, 0.1) is 32.5 Å². The summed E-state index contributed by atoms with van der Waals surface area (Å²) in [4.78, 5) is 12.2. The van der Waals surface area contributed by atoms with E-state index in [0.29, 0.717) is 45.9 Å². The van der Waals surface area contributed by atoms with Crippen LogP contribution in [-0.2, 0) is 25.4 Å². The lowest BCUT2D eigenvalue weighted by atomic mass is 9.92. The van der Waals surface area contributed by atoms with Crippen molar-refractivity contribution in [2.45, 2.75) is 12.5 Å². The summed E-state index contributed by atoms with van der Waals surface area (Å²) < 4.78 is 16.7. The number of benzene rings is 2. The minimum Gasteiger partial charge on any atom is -0.378 e. The zero-order valence-electron chi connectivity index (χ0n) is 17.1. The van der Waals surface area contributed by atoms with E-state index in [4.69, 9.17) is 19.9 Å². The number of carbonyl (C=O) groups is 1. The van der Waals surface area contributed by atoms with E-state index in [1.54, 1.807) is 0 Å². The van der Waals surface area contributed by atoms with Crippen LogP contribution in [0.1, 0.15) is 28.4 Å². The minimum atomic E-state index is -0.237. The number of carbonyl (C=O) groups excluding carboxylic acids is 1. The largest absolute Gasteiger partial charge is 0.378 e. The Labute approximate surface area is 177 Å². The van der Waals surface area contributed by atoms with Crippen LogP contribution >= 0.6 is 0 Å². The van der Waals surface area contributed by atoms with Gasteiger partial charge in [0.25, 0.3) is 0 Å². The molecule has 30 heavy (non-hydrogen) atoms. The predicted octanol–water partition coefficient (Wildman–Crippen LogP) is 1.81. The molecule has 1 atom stereocenters. The number of fused-ring (bicyclic) bond motifs is 2. The van der Waals surface area contributed by atoms with Gasteiger partial charge in [-0.2, -0.15) is 0 Å². The highest BCUT2D eigenvalue weighted by Gasteiger charge is 2.20. The van der Waals surface area contributed by atoms with Crippen molar-refractivity contribution in [1.29, 1.82) is 0 Å². The van der Waals surface area contributed by atoms with E-state index >= 15 is 0 Å². The lowest BCUT2D eigenvalue weighted by molar-refractivity contribution is -0.128. The average Bonchev–Trinajstić information content (AvgIpc) is 2.76. The van der Waals surface area contributed by atoms with Gasteiger partial charge in [-0.1, -0.05) is 48.2 Å². The van der Waals surface area contributed by atoms with Crippen LogP contribution in [0.4, 0.5) is 0 Å². The van der Waals surface area contributed by atoms with Crippen molar-refractivity contribution in [3.05, 3.63) is 70.8 Å². The van der Waals surface area contributed by atoms with Crippen LogP contribution in [-0.4, -0.2) is 52.0 Å². The predicted molar refractivity (Wildman–Crippen MR) is 115 cm³/mol. The molecular weight excluding hydrogens is 380 g/mol. The van der Waals surface area contributed by atoms with Gasteiger partial charge in [0.2, 0.25) is 5.91 Å². The number of ether oxygens (including phenoxy) is 3. The molecule has 0 bridgehead atoms. The molecule has 6 nitrogen and oxygen atoms in total. The van der Waals surface area contributed by atoms with Crippen LogP contribution in [0, 0.1) is 11.8 Å². The molecule has 2 aromatic carbocycles. The molecule has 0 saturated heterocycles. The zero-order chi connectivity index (χ0) is 21.0. The summed E-state index contributed by atoms with van der Waals surface area (Å²) in [6.07, 6.45) is 0.430. The van der Waals surface area contributed by atoms with Gasteiger partial charge in [0.1, 0.15) is 6.61 Å². The third kappa shape index (κ3) is 6.68. The van der Waals surface area contributed by atoms with E-state index in [1.165, 1.54) is 0 Å². The smallest absolute Gasteiger partial charge is 0.246 e. The lowest BCUT2D eigenvalue weighted by Gasteiger charge is -2.21. The molecule has 6 heteroatoms. The first-order chi connectivity index (χ1) is 14.8. The van der Waals surface area contributed by atoms with Gasteiger partial charge in [0, 0.05) is 30.6 Å². The van der Waals surface area contributed by atoms with Gasteiger partial charge in [-0.15, -0.1) is 0 Å². The monoisotopic (exact) mass is 408 g/mol. The molecule has 2 aromatic rings. The Hall–Kier alpha value is -2.69. The fraction of sp³-hybridized carbons (Fsp3) is 0.375. The van der Waals surface area contributed by atoms with E-state index in [2.05, 4.69) is 23.2 Å². The Morgan fingerprint density at radius 3 is 2.50 bits per heavy atom. The number of amides is 1. The first-order valence-corrected chi connectivity index (χ1v) is 10.2. The summed E-state index contributed by atoms with van der Waals surface area (Å²) in [5, 5.41) is 2.82. The second-order valence-electron chi connectivity index (χ2n) is 6.86. The summed E-state index contributed by atoms with van der Waals surface area (Å²) in [5.74, 6) is 6.32. The van der Waals surface area contributed by atoms with E-state index in [9.17, 15) is 4.79 Å². The zero-order valence-corrected chi connectivity index (χ0v) is 17.1. The SMILES string of the molecule is NCCOCCOCCNC(=O)COC1Cc2ccccc2C#Cc2ccccc21. The average molecular weight is 408 g/mol. The van der Waals surface area contributed by atoms with Crippen LogP contribution in [0.15, 0.2) is 48.5 Å². The molecule has 1 unspecified atom stereocenters. The van der Waals surface area contributed by atoms with Crippen molar-refractivity contribution < 1.29 is 19.0 Å². The summed E-state index contributed by atoms with van der Waals surface area (Å²) >= 11 is 0.